The molecule has 28 heavy (non-hydrogen) atoms. The van der Waals surface area contributed by atoms with E-state index < -0.39 is 17.7 Å². The van der Waals surface area contributed by atoms with Gasteiger partial charge < -0.3 is 5.11 Å². The minimum Gasteiger partial charge on any atom is -0.507 e. The lowest BCUT2D eigenvalue weighted by atomic mass is 9.95. The van der Waals surface area contributed by atoms with Crippen LogP contribution >= 0.6 is 11.6 Å². The molecule has 0 radical (unpaired) electrons. The van der Waals surface area contributed by atoms with E-state index in [0.717, 1.165) is 0 Å². The Morgan fingerprint density at radius 3 is 2.00 bits per heavy atom. The van der Waals surface area contributed by atoms with Crippen molar-refractivity contribution in [3.8, 4) is 0 Å². The van der Waals surface area contributed by atoms with Gasteiger partial charge in [0.15, 0.2) is 0 Å². The van der Waals surface area contributed by atoms with E-state index in [1.54, 1.807) is 72.8 Å². The van der Waals surface area contributed by atoms with E-state index in [4.69, 9.17) is 11.6 Å². The first-order valence-electron chi connectivity index (χ1n) is 8.75. The lowest BCUT2D eigenvalue weighted by molar-refractivity contribution is -0.132. The summed E-state index contributed by atoms with van der Waals surface area (Å²) in [4.78, 5) is 27.2. The molecule has 0 spiro atoms. The molecule has 0 unspecified atom stereocenters. The smallest absolute Gasteiger partial charge is 0.300 e. The van der Waals surface area contributed by atoms with Crippen molar-refractivity contribution in [2.45, 2.75) is 6.04 Å². The quantitative estimate of drug-likeness (QED) is 0.391. The van der Waals surface area contributed by atoms with Gasteiger partial charge in [0.25, 0.3) is 11.7 Å². The number of hydrogen-bond donors (Lipinski definition) is 1. The number of aliphatic hydroxyl groups excluding tert-OH is 1. The van der Waals surface area contributed by atoms with Crippen molar-refractivity contribution in [2.24, 2.45) is 0 Å². The second kappa shape index (κ2) is 7.33. The zero-order chi connectivity index (χ0) is 19.7. The maximum absolute atomic E-state index is 12.9. The number of carbonyl (C=O) groups is 2. The first-order valence-corrected chi connectivity index (χ1v) is 9.12. The fraction of sp³-hybridized carbons (Fsp3) is 0.0435. The molecule has 3 aromatic carbocycles. The van der Waals surface area contributed by atoms with Gasteiger partial charge >= 0.3 is 0 Å². The number of anilines is 1. The van der Waals surface area contributed by atoms with Gasteiger partial charge in [-0.25, -0.2) is 0 Å². The van der Waals surface area contributed by atoms with Crippen molar-refractivity contribution in [3.05, 3.63) is 107 Å². The number of Topliss-reactive ketones (excluding diaryl/α,β-unsaturated/α-hetero) is 1. The predicted molar refractivity (Wildman–Crippen MR) is 109 cm³/mol. The molecule has 3 aromatic rings. The zero-order valence-corrected chi connectivity index (χ0v) is 15.5. The van der Waals surface area contributed by atoms with Crippen molar-refractivity contribution in [2.75, 3.05) is 4.90 Å². The Morgan fingerprint density at radius 2 is 1.39 bits per heavy atom. The number of ketones is 1. The van der Waals surface area contributed by atoms with Crippen LogP contribution in [0.4, 0.5) is 5.69 Å². The molecule has 0 aliphatic carbocycles. The molecule has 5 heteroatoms. The average Bonchev–Trinajstić information content (AvgIpc) is 3.00. The summed E-state index contributed by atoms with van der Waals surface area (Å²) in [5, 5.41) is 11.5. The molecule has 0 bridgehead atoms. The van der Waals surface area contributed by atoms with E-state index >= 15 is 0 Å². The van der Waals surface area contributed by atoms with Crippen molar-refractivity contribution >= 4 is 34.7 Å². The number of para-hydroxylation sites is 1. The lowest BCUT2D eigenvalue weighted by Gasteiger charge is -2.25. The number of aliphatic hydroxyl groups is 1. The monoisotopic (exact) mass is 389 g/mol. The van der Waals surface area contributed by atoms with Gasteiger partial charge in [0.05, 0.1) is 11.6 Å². The number of benzene rings is 3. The molecule has 0 aromatic heterocycles. The van der Waals surface area contributed by atoms with Crippen LogP contribution in [0.1, 0.15) is 17.2 Å². The maximum Gasteiger partial charge on any atom is 0.300 e. The second-order valence-electron chi connectivity index (χ2n) is 6.42. The summed E-state index contributed by atoms with van der Waals surface area (Å²) in [6.07, 6.45) is 0. The first kappa shape index (κ1) is 18.0. The minimum atomic E-state index is -0.750. The Morgan fingerprint density at radius 1 is 0.821 bits per heavy atom. The topological polar surface area (TPSA) is 57.6 Å². The number of nitrogens with zero attached hydrogens (tertiary/aromatic N) is 1. The van der Waals surface area contributed by atoms with Gasteiger partial charge in [0.1, 0.15) is 5.76 Å². The number of hydrogen-bond acceptors (Lipinski definition) is 3. The van der Waals surface area contributed by atoms with Gasteiger partial charge in [-0.2, -0.15) is 0 Å². The Bertz CT molecular complexity index is 1060. The number of amides is 1. The maximum atomic E-state index is 12.9. The van der Waals surface area contributed by atoms with Crippen LogP contribution in [0.3, 0.4) is 0 Å². The third-order valence-electron chi connectivity index (χ3n) is 4.71. The van der Waals surface area contributed by atoms with E-state index in [0.29, 0.717) is 21.8 Å². The highest BCUT2D eigenvalue weighted by molar-refractivity contribution is 6.51. The number of halogens is 1. The second-order valence-corrected chi connectivity index (χ2v) is 6.86. The van der Waals surface area contributed by atoms with Crippen molar-refractivity contribution in [1.29, 1.82) is 0 Å². The van der Waals surface area contributed by atoms with Crippen LogP contribution in [0.2, 0.25) is 5.02 Å². The SMILES string of the molecule is O=C1C(=O)N(c2ccccc2)[C@@H](c2ccc(Cl)cc2)C1=C(O)c1ccccc1. The third kappa shape index (κ3) is 3.08. The molecule has 4 rings (SSSR count). The zero-order valence-electron chi connectivity index (χ0n) is 14.7. The van der Waals surface area contributed by atoms with Crippen molar-refractivity contribution in [1.82, 2.24) is 0 Å². The molecule has 1 fully saturated rings. The van der Waals surface area contributed by atoms with Gasteiger partial charge in [-0.15, -0.1) is 0 Å². The highest BCUT2D eigenvalue weighted by Gasteiger charge is 2.46. The molecule has 0 saturated carbocycles. The number of rotatable bonds is 3. The number of carbonyl (C=O) groups excluding carboxylic acids is 2. The Labute approximate surface area is 167 Å². The minimum absolute atomic E-state index is 0.0578. The molecular formula is C23H16ClNO3. The highest BCUT2D eigenvalue weighted by Crippen LogP contribution is 2.42. The van der Waals surface area contributed by atoms with E-state index in [9.17, 15) is 14.7 Å². The van der Waals surface area contributed by atoms with Gasteiger partial charge in [-0.3, -0.25) is 14.5 Å². The van der Waals surface area contributed by atoms with Crippen LogP contribution in [-0.4, -0.2) is 16.8 Å². The van der Waals surface area contributed by atoms with Gasteiger partial charge in [-0.1, -0.05) is 72.3 Å². The fourth-order valence-electron chi connectivity index (χ4n) is 3.40. The Kier molecular flexibility index (Phi) is 4.72. The summed E-state index contributed by atoms with van der Waals surface area (Å²) in [5.41, 5.74) is 1.80. The van der Waals surface area contributed by atoms with Crippen molar-refractivity contribution in [3.63, 3.8) is 0 Å². The normalized spacial score (nSPS) is 18.5. The lowest BCUT2D eigenvalue weighted by Crippen LogP contribution is -2.29. The summed E-state index contributed by atoms with van der Waals surface area (Å²) in [5.74, 6) is -1.59. The summed E-state index contributed by atoms with van der Waals surface area (Å²) >= 11 is 6.02. The molecule has 1 saturated heterocycles. The molecule has 1 aliphatic heterocycles. The predicted octanol–water partition coefficient (Wildman–Crippen LogP) is 4.97. The van der Waals surface area contributed by atoms with E-state index in [1.807, 2.05) is 12.1 Å². The Balaban J connectivity index is 1.95. The summed E-state index contributed by atoms with van der Waals surface area (Å²) < 4.78 is 0. The molecule has 138 valence electrons. The molecule has 1 aliphatic rings. The van der Waals surface area contributed by atoms with Crippen LogP contribution < -0.4 is 4.90 Å². The van der Waals surface area contributed by atoms with Crippen LogP contribution in [0.15, 0.2) is 90.5 Å². The summed E-state index contributed by atoms with van der Waals surface area (Å²) in [6, 6.07) is 23.9. The van der Waals surface area contributed by atoms with Gasteiger partial charge in [0.2, 0.25) is 0 Å². The average molecular weight is 390 g/mol. The summed E-state index contributed by atoms with van der Waals surface area (Å²) in [6.45, 7) is 0. The molecule has 1 atom stereocenters. The standard InChI is InChI=1S/C23H16ClNO3/c24-17-13-11-15(12-14-17)20-19(21(26)16-7-3-1-4-8-16)22(27)23(28)25(20)18-9-5-2-6-10-18/h1-14,20,26H/t20-/m0/s1. The molecule has 4 nitrogen and oxygen atoms in total. The van der Waals surface area contributed by atoms with E-state index in [1.165, 1.54) is 4.90 Å². The van der Waals surface area contributed by atoms with E-state index in [2.05, 4.69) is 0 Å². The molecular weight excluding hydrogens is 374 g/mol. The largest absolute Gasteiger partial charge is 0.507 e. The van der Waals surface area contributed by atoms with Gasteiger partial charge in [-0.05, 0) is 29.8 Å². The highest BCUT2D eigenvalue weighted by atomic mass is 35.5. The Hall–Kier alpha value is -3.37. The third-order valence-corrected chi connectivity index (χ3v) is 4.96. The van der Waals surface area contributed by atoms with Crippen LogP contribution in [-0.2, 0) is 9.59 Å². The van der Waals surface area contributed by atoms with Crippen LogP contribution in [0.25, 0.3) is 5.76 Å². The van der Waals surface area contributed by atoms with Crippen molar-refractivity contribution < 1.29 is 14.7 Å². The van der Waals surface area contributed by atoms with Crippen LogP contribution in [0.5, 0.6) is 0 Å². The molecule has 1 N–H and O–H groups in total. The molecule has 1 heterocycles. The van der Waals surface area contributed by atoms with E-state index in [-0.39, 0.29) is 11.3 Å². The fourth-order valence-corrected chi connectivity index (χ4v) is 3.53. The first-order chi connectivity index (χ1) is 13.6. The molecule has 1 amide bonds. The summed E-state index contributed by atoms with van der Waals surface area (Å²) in [7, 11) is 0. The van der Waals surface area contributed by atoms with Crippen LogP contribution in [0, 0.1) is 0 Å². The van der Waals surface area contributed by atoms with Gasteiger partial charge in [0, 0.05) is 16.3 Å².